The van der Waals surface area contributed by atoms with Gasteiger partial charge in [0, 0.05) is 32.1 Å². The van der Waals surface area contributed by atoms with Gasteiger partial charge in [0.2, 0.25) is 0 Å². The van der Waals surface area contributed by atoms with Crippen molar-refractivity contribution in [3.05, 3.63) is 12.3 Å². The van der Waals surface area contributed by atoms with Crippen LogP contribution in [0, 0.1) is 0 Å². The van der Waals surface area contributed by atoms with Crippen LogP contribution in [0.15, 0.2) is 12.3 Å². The number of alkyl halides is 1. The second-order valence-electron chi connectivity index (χ2n) is 6.26. The predicted molar refractivity (Wildman–Crippen MR) is 81.6 cm³/mol. The summed E-state index contributed by atoms with van der Waals surface area (Å²) in [5.41, 5.74) is -2.56. The van der Waals surface area contributed by atoms with E-state index >= 15 is 0 Å². The van der Waals surface area contributed by atoms with Crippen LogP contribution in [0.3, 0.4) is 0 Å². The van der Waals surface area contributed by atoms with Crippen LogP contribution in [-0.4, -0.2) is 45.6 Å². The van der Waals surface area contributed by atoms with E-state index in [0.717, 1.165) is 11.5 Å². The topological polar surface area (TPSA) is 71.5 Å². The number of likely N-dealkylation sites (tertiary alicyclic amines) is 1. The second-order valence-corrected chi connectivity index (χ2v) is 7.10. The number of carbonyl (C=O) groups excluding carboxylic acids is 2. The average molecular weight is 329 g/mol. The zero-order valence-corrected chi connectivity index (χ0v) is 13.7. The second kappa shape index (κ2) is 6.20. The van der Waals surface area contributed by atoms with E-state index in [1.807, 2.05) is 0 Å². The maximum Gasteiger partial charge on any atom is 0.410 e. The molecular weight excluding hydrogens is 309 g/mol. The molecule has 122 valence electrons. The molecule has 0 spiro atoms. The average Bonchev–Trinajstić information content (AvgIpc) is 2.90. The Bertz CT molecular complexity index is 534. The van der Waals surface area contributed by atoms with Gasteiger partial charge in [-0.15, -0.1) is 0 Å². The zero-order valence-electron chi connectivity index (χ0n) is 12.9. The lowest BCUT2D eigenvalue weighted by Crippen LogP contribution is -2.51. The molecule has 1 aliphatic heterocycles. The normalized spacial score (nSPS) is 17.9. The van der Waals surface area contributed by atoms with Gasteiger partial charge in [-0.05, 0) is 38.4 Å². The largest absolute Gasteiger partial charge is 0.444 e. The van der Waals surface area contributed by atoms with Gasteiger partial charge in [0.15, 0.2) is 5.67 Å². The molecule has 2 amide bonds. The summed E-state index contributed by atoms with van der Waals surface area (Å²) in [6.45, 7) is 5.63. The molecule has 2 heterocycles. The van der Waals surface area contributed by atoms with Gasteiger partial charge >= 0.3 is 6.09 Å². The first-order chi connectivity index (χ1) is 10.2. The number of nitrogens with zero attached hydrogens (tertiary/aromatic N) is 2. The summed E-state index contributed by atoms with van der Waals surface area (Å²) in [5.74, 6) is -0.680. The highest BCUT2D eigenvalue weighted by Crippen LogP contribution is 2.29. The quantitative estimate of drug-likeness (QED) is 0.905. The number of hydrogen-bond acceptors (Lipinski definition) is 5. The van der Waals surface area contributed by atoms with Crippen molar-refractivity contribution in [3.63, 3.8) is 0 Å². The van der Waals surface area contributed by atoms with Gasteiger partial charge in [-0.3, -0.25) is 4.79 Å². The number of amides is 2. The van der Waals surface area contributed by atoms with Gasteiger partial charge in [-0.1, -0.05) is 0 Å². The number of piperidine rings is 1. The lowest BCUT2D eigenvalue weighted by atomic mass is 9.92. The molecule has 8 heteroatoms. The number of carbonyl (C=O) groups is 2. The summed E-state index contributed by atoms with van der Waals surface area (Å²) in [4.78, 5) is 25.4. The SMILES string of the molecule is CC(C)(C)OC(=O)N1CCC(F)(C(=O)Nc2ccns2)CC1. The smallest absolute Gasteiger partial charge is 0.410 e. The van der Waals surface area contributed by atoms with Crippen molar-refractivity contribution in [3.8, 4) is 0 Å². The Morgan fingerprint density at radius 2 is 2.05 bits per heavy atom. The fourth-order valence-corrected chi connectivity index (χ4v) is 2.60. The van der Waals surface area contributed by atoms with Crippen LogP contribution in [0.1, 0.15) is 33.6 Å². The highest BCUT2D eigenvalue weighted by Gasteiger charge is 2.43. The van der Waals surface area contributed by atoms with Crippen molar-refractivity contribution in [2.24, 2.45) is 0 Å². The Labute approximate surface area is 132 Å². The molecule has 1 aromatic rings. The Morgan fingerprint density at radius 3 is 2.55 bits per heavy atom. The van der Waals surface area contributed by atoms with Gasteiger partial charge in [-0.2, -0.15) is 4.37 Å². The minimum Gasteiger partial charge on any atom is -0.444 e. The van der Waals surface area contributed by atoms with Crippen LogP contribution in [-0.2, 0) is 9.53 Å². The molecule has 22 heavy (non-hydrogen) atoms. The van der Waals surface area contributed by atoms with E-state index in [9.17, 15) is 14.0 Å². The molecule has 0 aromatic carbocycles. The van der Waals surface area contributed by atoms with E-state index in [4.69, 9.17) is 4.74 Å². The molecular formula is C14H20FN3O3S. The van der Waals surface area contributed by atoms with E-state index in [2.05, 4.69) is 9.69 Å². The standard InChI is InChI=1S/C14H20FN3O3S/c1-13(2,3)21-12(20)18-8-5-14(15,6-9-18)11(19)17-10-4-7-16-22-10/h4,7H,5-6,8-9H2,1-3H3,(H,17,19). The molecule has 1 N–H and O–H groups in total. The predicted octanol–water partition coefficient (Wildman–Crippen LogP) is 2.82. The number of ether oxygens (including phenoxy) is 1. The molecule has 2 rings (SSSR count). The third-order valence-electron chi connectivity index (χ3n) is 3.29. The molecule has 0 unspecified atom stereocenters. The Morgan fingerprint density at radius 1 is 1.41 bits per heavy atom. The Balaban J connectivity index is 1.90. The van der Waals surface area contributed by atoms with Crippen LogP contribution in [0.2, 0.25) is 0 Å². The van der Waals surface area contributed by atoms with Gasteiger partial charge in [0.25, 0.3) is 5.91 Å². The van der Waals surface area contributed by atoms with Crippen LogP contribution in [0.25, 0.3) is 0 Å². The minimum absolute atomic E-state index is 0.0448. The van der Waals surface area contributed by atoms with E-state index < -0.39 is 23.3 Å². The Hall–Kier alpha value is -1.70. The lowest BCUT2D eigenvalue weighted by Gasteiger charge is -2.35. The summed E-state index contributed by atoms with van der Waals surface area (Å²) in [5, 5.41) is 3.03. The summed E-state index contributed by atoms with van der Waals surface area (Å²) >= 11 is 1.09. The molecule has 1 saturated heterocycles. The molecule has 0 radical (unpaired) electrons. The van der Waals surface area contributed by atoms with Crippen LogP contribution < -0.4 is 5.32 Å². The van der Waals surface area contributed by atoms with Gasteiger partial charge in [0.1, 0.15) is 10.6 Å². The maximum absolute atomic E-state index is 14.7. The Kier molecular flexibility index (Phi) is 4.69. The molecule has 1 fully saturated rings. The van der Waals surface area contributed by atoms with E-state index in [1.165, 1.54) is 11.1 Å². The highest BCUT2D eigenvalue weighted by molar-refractivity contribution is 7.10. The fraction of sp³-hybridized carbons (Fsp3) is 0.643. The van der Waals surface area contributed by atoms with E-state index in [-0.39, 0.29) is 25.9 Å². The van der Waals surface area contributed by atoms with Crippen molar-refractivity contribution in [1.29, 1.82) is 0 Å². The monoisotopic (exact) mass is 329 g/mol. The highest BCUT2D eigenvalue weighted by atomic mass is 32.1. The third-order valence-corrected chi connectivity index (χ3v) is 3.95. The molecule has 0 atom stereocenters. The van der Waals surface area contributed by atoms with Crippen molar-refractivity contribution in [2.75, 3.05) is 18.4 Å². The lowest BCUT2D eigenvalue weighted by molar-refractivity contribution is -0.130. The third kappa shape index (κ3) is 4.16. The van der Waals surface area contributed by atoms with E-state index in [0.29, 0.717) is 5.00 Å². The first-order valence-corrected chi connectivity index (χ1v) is 7.86. The first-order valence-electron chi connectivity index (χ1n) is 7.09. The van der Waals surface area contributed by atoms with Crippen molar-refractivity contribution in [1.82, 2.24) is 9.27 Å². The molecule has 1 aromatic heterocycles. The number of nitrogens with one attached hydrogen (secondary N) is 1. The number of halogens is 1. The van der Waals surface area contributed by atoms with Crippen LogP contribution in [0.4, 0.5) is 14.2 Å². The van der Waals surface area contributed by atoms with Crippen molar-refractivity contribution >= 4 is 28.5 Å². The van der Waals surface area contributed by atoms with Gasteiger partial charge < -0.3 is 15.0 Å². The van der Waals surface area contributed by atoms with Crippen molar-refractivity contribution < 1.29 is 18.7 Å². The van der Waals surface area contributed by atoms with Gasteiger partial charge in [-0.25, -0.2) is 9.18 Å². The molecule has 0 aliphatic carbocycles. The summed E-state index contributed by atoms with van der Waals surface area (Å²) in [7, 11) is 0. The molecule has 6 nitrogen and oxygen atoms in total. The number of hydrogen-bond donors (Lipinski definition) is 1. The number of rotatable bonds is 2. The fourth-order valence-electron chi connectivity index (χ4n) is 2.10. The number of anilines is 1. The van der Waals surface area contributed by atoms with E-state index in [1.54, 1.807) is 26.8 Å². The molecule has 0 saturated carbocycles. The van der Waals surface area contributed by atoms with Crippen LogP contribution >= 0.6 is 11.5 Å². The summed E-state index contributed by atoms with van der Waals surface area (Å²) in [6, 6.07) is 1.61. The van der Waals surface area contributed by atoms with Crippen LogP contribution in [0.5, 0.6) is 0 Å². The first kappa shape index (κ1) is 16.7. The van der Waals surface area contributed by atoms with Gasteiger partial charge in [0.05, 0.1) is 0 Å². The molecule has 0 bridgehead atoms. The van der Waals surface area contributed by atoms with Crippen molar-refractivity contribution in [2.45, 2.75) is 44.9 Å². The molecule has 1 aliphatic rings. The summed E-state index contributed by atoms with van der Waals surface area (Å²) < 4.78 is 23.8. The summed E-state index contributed by atoms with van der Waals surface area (Å²) in [6.07, 6.45) is 0.974. The number of aromatic nitrogens is 1. The minimum atomic E-state index is -1.97. The maximum atomic E-state index is 14.7. The zero-order chi connectivity index (χ0) is 16.4.